The first-order valence-corrected chi connectivity index (χ1v) is 4.91. The second kappa shape index (κ2) is 4.70. The topological polar surface area (TPSA) is 56.5 Å². The molecule has 0 spiro atoms. The van der Waals surface area contributed by atoms with Gasteiger partial charge in [-0.25, -0.2) is 0 Å². The van der Waals surface area contributed by atoms with E-state index in [0.29, 0.717) is 6.61 Å². The van der Waals surface area contributed by atoms with Gasteiger partial charge in [0, 0.05) is 18.3 Å². The van der Waals surface area contributed by atoms with Gasteiger partial charge < -0.3 is 10.5 Å². The van der Waals surface area contributed by atoms with Crippen LogP contribution in [-0.4, -0.2) is 12.7 Å². The molecule has 1 aromatic rings. The van der Waals surface area contributed by atoms with Gasteiger partial charge in [0.2, 0.25) is 0 Å². The van der Waals surface area contributed by atoms with Crippen LogP contribution >= 0.6 is 0 Å². The van der Waals surface area contributed by atoms with Gasteiger partial charge in [0.15, 0.2) is 0 Å². The van der Waals surface area contributed by atoms with Crippen molar-refractivity contribution < 1.29 is 9.57 Å². The molecule has 0 aromatic heterocycles. The van der Waals surface area contributed by atoms with Crippen LogP contribution in [0.2, 0.25) is 0 Å². The molecule has 0 aliphatic carbocycles. The Morgan fingerprint density at radius 1 is 1.33 bits per heavy atom. The molecule has 0 saturated heterocycles. The first kappa shape index (κ1) is 9.86. The molecule has 0 amide bonds. The lowest BCUT2D eigenvalue weighted by molar-refractivity contribution is 0.0353. The number of hydrogen-bond acceptors (Lipinski definition) is 4. The Morgan fingerprint density at radius 2 is 2.13 bits per heavy atom. The number of ether oxygens (including phenoxy) is 1. The Morgan fingerprint density at radius 3 is 2.80 bits per heavy atom. The number of anilines is 1. The molecular formula is C11H14N2O2. The van der Waals surface area contributed by atoms with Crippen molar-refractivity contribution in [1.29, 1.82) is 0 Å². The molecule has 0 fully saturated rings. The van der Waals surface area contributed by atoms with Gasteiger partial charge in [-0.05, 0) is 30.3 Å². The monoisotopic (exact) mass is 206 g/mol. The van der Waals surface area contributed by atoms with E-state index >= 15 is 0 Å². The molecule has 15 heavy (non-hydrogen) atoms. The summed E-state index contributed by atoms with van der Waals surface area (Å²) in [6.07, 6.45) is 4.69. The van der Waals surface area contributed by atoms with E-state index in [9.17, 15) is 0 Å². The van der Waals surface area contributed by atoms with Gasteiger partial charge in [0.1, 0.15) is 11.9 Å². The Kier molecular flexibility index (Phi) is 3.09. The van der Waals surface area contributed by atoms with E-state index in [4.69, 9.17) is 15.3 Å². The molecule has 4 nitrogen and oxygen atoms in total. The van der Waals surface area contributed by atoms with Crippen molar-refractivity contribution in [2.24, 2.45) is 0 Å². The van der Waals surface area contributed by atoms with Gasteiger partial charge in [-0.1, -0.05) is 0 Å². The molecule has 1 aliphatic heterocycles. The molecule has 0 radical (unpaired) electrons. The SMILES string of the molecule is Nc1ccc(OCCC2C=CNO2)cc1. The summed E-state index contributed by atoms with van der Waals surface area (Å²) in [5.41, 5.74) is 8.98. The smallest absolute Gasteiger partial charge is 0.119 e. The third kappa shape index (κ3) is 2.89. The highest BCUT2D eigenvalue weighted by Gasteiger charge is 2.09. The van der Waals surface area contributed by atoms with Crippen LogP contribution < -0.4 is 16.0 Å². The average molecular weight is 206 g/mol. The van der Waals surface area contributed by atoms with E-state index in [1.165, 1.54) is 0 Å². The van der Waals surface area contributed by atoms with Gasteiger partial charge >= 0.3 is 0 Å². The number of benzene rings is 1. The minimum absolute atomic E-state index is 0.110. The molecule has 1 aliphatic rings. The fourth-order valence-electron chi connectivity index (χ4n) is 1.32. The molecule has 4 heteroatoms. The molecule has 1 aromatic carbocycles. The predicted octanol–water partition coefficient (Wildman–Crippen LogP) is 1.45. The maximum Gasteiger partial charge on any atom is 0.119 e. The molecule has 1 atom stereocenters. The predicted molar refractivity (Wildman–Crippen MR) is 58.1 cm³/mol. The Bertz CT molecular complexity index is 335. The zero-order valence-electron chi connectivity index (χ0n) is 8.35. The lowest BCUT2D eigenvalue weighted by atomic mass is 10.2. The van der Waals surface area contributed by atoms with Crippen molar-refractivity contribution in [3.8, 4) is 5.75 Å². The summed E-state index contributed by atoms with van der Waals surface area (Å²) >= 11 is 0. The standard InChI is InChI=1S/C11H14N2O2/c12-9-1-3-10(4-2-9)14-8-6-11-5-7-13-15-11/h1-5,7,11,13H,6,8,12H2. The number of rotatable bonds is 4. The Labute approximate surface area is 88.6 Å². The van der Waals surface area contributed by atoms with E-state index < -0.39 is 0 Å². The van der Waals surface area contributed by atoms with E-state index in [1.807, 2.05) is 30.3 Å². The molecule has 80 valence electrons. The lowest BCUT2D eigenvalue weighted by Crippen LogP contribution is -2.14. The molecule has 3 N–H and O–H groups in total. The van der Waals surface area contributed by atoms with Crippen LogP contribution in [0, 0.1) is 0 Å². The highest BCUT2D eigenvalue weighted by Crippen LogP contribution is 2.14. The third-order valence-corrected chi connectivity index (χ3v) is 2.15. The molecule has 1 heterocycles. The second-order valence-electron chi connectivity index (χ2n) is 3.34. The Hall–Kier alpha value is -1.68. The van der Waals surface area contributed by atoms with Crippen LogP contribution in [0.15, 0.2) is 36.5 Å². The van der Waals surface area contributed by atoms with Gasteiger partial charge in [-0.3, -0.25) is 10.3 Å². The minimum atomic E-state index is 0.110. The van der Waals surface area contributed by atoms with Crippen molar-refractivity contribution in [2.45, 2.75) is 12.5 Å². The highest BCUT2D eigenvalue weighted by atomic mass is 16.7. The van der Waals surface area contributed by atoms with Crippen LogP contribution in [0.1, 0.15) is 6.42 Å². The summed E-state index contributed by atoms with van der Waals surface area (Å²) in [6, 6.07) is 7.36. The van der Waals surface area contributed by atoms with E-state index in [1.54, 1.807) is 6.20 Å². The molecular weight excluding hydrogens is 192 g/mol. The van der Waals surface area contributed by atoms with Crippen LogP contribution in [0.25, 0.3) is 0 Å². The normalized spacial score (nSPS) is 18.8. The zero-order valence-corrected chi connectivity index (χ0v) is 8.35. The fraction of sp³-hybridized carbons (Fsp3) is 0.273. The zero-order chi connectivity index (χ0) is 10.5. The minimum Gasteiger partial charge on any atom is -0.493 e. The van der Waals surface area contributed by atoms with Gasteiger partial charge in [0.25, 0.3) is 0 Å². The van der Waals surface area contributed by atoms with E-state index in [-0.39, 0.29) is 6.10 Å². The third-order valence-electron chi connectivity index (χ3n) is 2.15. The molecule has 0 saturated carbocycles. The molecule has 2 rings (SSSR count). The first-order valence-electron chi connectivity index (χ1n) is 4.91. The quantitative estimate of drug-likeness (QED) is 0.732. The first-order chi connectivity index (χ1) is 7.34. The maximum absolute atomic E-state index is 5.56. The van der Waals surface area contributed by atoms with Crippen molar-refractivity contribution in [3.05, 3.63) is 36.5 Å². The summed E-state index contributed by atoms with van der Waals surface area (Å²) < 4.78 is 5.53. The summed E-state index contributed by atoms with van der Waals surface area (Å²) in [7, 11) is 0. The average Bonchev–Trinajstić information content (AvgIpc) is 2.74. The highest BCUT2D eigenvalue weighted by molar-refractivity contribution is 5.41. The summed E-state index contributed by atoms with van der Waals surface area (Å²) in [5, 5.41) is 0. The van der Waals surface area contributed by atoms with E-state index in [2.05, 4.69) is 5.48 Å². The second-order valence-corrected chi connectivity index (χ2v) is 3.34. The number of nitrogens with one attached hydrogen (secondary N) is 1. The van der Waals surface area contributed by atoms with Crippen LogP contribution in [0.3, 0.4) is 0 Å². The van der Waals surface area contributed by atoms with Crippen LogP contribution in [0.5, 0.6) is 5.75 Å². The summed E-state index contributed by atoms with van der Waals surface area (Å²) in [5.74, 6) is 0.833. The fourth-order valence-corrected chi connectivity index (χ4v) is 1.32. The van der Waals surface area contributed by atoms with Crippen LogP contribution in [0.4, 0.5) is 5.69 Å². The van der Waals surface area contributed by atoms with Crippen molar-refractivity contribution in [2.75, 3.05) is 12.3 Å². The van der Waals surface area contributed by atoms with Crippen molar-refractivity contribution in [1.82, 2.24) is 5.48 Å². The van der Waals surface area contributed by atoms with Gasteiger partial charge in [-0.2, -0.15) is 0 Å². The van der Waals surface area contributed by atoms with Crippen molar-refractivity contribution >= 4 is 5.69 Å². The van der Waals surface area contributed by atoms with Crippen molar-refractivity contribution in [3.63, 3.8) is 0 Å². The van der Waals surface area contributed by atoms with E-state index in [0.717, 1.165) is 17.9 Å². The molecule has 0 bridgehead atoms. The Balaban J connectivity index is 1.73. The number of hydroxylamine groups is 1. The lowest BCUT2D eigenvalue weighted by Gasteiger charge is -2.09. The van der Waals surface area contributed by atoms with Gasteiger partial charge in [0.05, 0.1) is 6.61 Å². The van der Waals surface area contributed by atoms with Gasteiger partial charge in [-0.15, -0.1) is 0 Å². The summed E-state index contributed by atoms with van der Waals surface area (Å²) in [6.45, 7) is 0.626. The number of hydrogen-bond donors (Lipinski definition) is 2. The maximum atomic E-state index is 5.56. The number of nitrogen functional groups attached to an aromatic ring is 1. The summed E-state index contributed by atoms with van der Waals surface area (Å²) in [4.78, 5) is 5.15. The van der Waals surface area contributed by atoms with Crippen LogP contribution in [-0.2, 0) is 4.84 Å². The number of nitrogens with two attached hydrogens (primary N) is 1. The largest absolute Gasteiger partial charge is 0.493 e. The molecule has 1 unspecified atom stereocenters.